The summed E-state index contributed by atoms with van der Waals surface area (Å²) in [6.07, 6.45) is 0. The summed E-state index contributed by atoms with van der Waals surface area (Å²) < 4.78 is 1.84. The monoisotopic (exact) mass is 384 g/mol. The van der Waals surface area contributed by atoms with E-state index in [9.17, 15) is 4.79 Å². The Morgan fingerprint density at radius 3 is 2.46 bits per heavy atom. The minimum atomic E-state index is -0.352. The Morgan fingerprint density at radius 2 is 1.77 bits per heavy atom. The number of carbonyl (C=O) groups is 1. The summed E-state index contributed by atoms with van der Waals surface area (Å²) in [5.41, 5.74) is 6.21. The Hall–Kier alpha value is -2.31. The molecule has 2 atom stereocenters. The number of hydrogen-bond acceptors (Lipinski definition) is 5. The molecule has 0 bridgehead atoms. The van der Waals surface area contributed by atoms with Crippen LogP contribution in [-0.4, -0.2) is 25.9 Å². The molecule has 0 unspecified atom stereocenters. The number of benzene rings is 2. The molecule has 0 aliphatic carbocycles. The van der Waals surface area contributed by atoms with E-state index >= 15 is 0 Å². The highest BCUT2D eigenvalue weighted by molar-refractivity contribution is 8.00. The summed E-state index contributed by atoms with van der Waals surface area (Å²) in [6.45, 7) is 3.89. The zero-order valence-electron chi connectivity index (χ0n) is 14.3. The van der Waals surface area contributed by atoms with E-state index in [1.165, 1.54) is 11.8 Å². The van der Waals surface area contributed by atoms with Gasteiger partial charge in [-0.3, -0.25) is 4.79 Å². The highest BCUT2D eigenvalue weighted by atomic mass is 35.5. The lowest BCUT2D eigenvalue weighted by Crippen LogP contribution is -2.39. The average Bonchev–Trinajstić information content (AvgIpc) is 3.02. The number of rotatable bonds is 3. The highest BCUT2D eigenvalue weighted by Crippen LogP contribution is 2.38. The second kappa shape index (κ2) is 6.78. The quantitative estimate of drug-likeness (QED) is 0.686. The third kappa shape index (κ3) is 3.10. The van der Waals surface area contributed by atoms with Crippen molar-refractivity contribution in [2.45, 2.75) is 30.3 Å². The molecule has 1 aliphatic heterocycles. The predicted molar refractivity (Wildman–Crippen MR) is 103 cm³/mol. The smallest absolute Gasteiger partial charge is 0.210 e. The van der Waals surface area contributed by atoms with Crippen molar-refractivity contribution in [1.29, 1.82) is 0 Å². The van der Waals surface area contributed by atoms with E-state index in [2.05, 4.69) is 15.6 Å². The number of aryl methyl sites for hydroxylation is 2. The van der Waals surface area contributed by atoms with Gasteiger partial charge in [0.2, 0.25) is 5.16 Å². The summed E-state index contributed by atoms with van der Waals surface area (Å²) in [5.74, 6) is 0.821. The zero-order chi connectivity index (χ0) is 18.3. The topological polar surface area (TPSA) is 59.8 Å². The fraction of sp³-hybridized carbons (Fsp3) is 0.211. The van der Waals surface area contributed by atoms with Crippen LogP contribution in [0.25, 0.3) is 0 Å². The first-order chi connectivity index (χ1) is 12.5. The van der Waals surface area contributed by atoms with Crippen molar-refractivity contribution in [1.82, 2.24) is 14.9 Å². The molecule has 5 nitrogen and oxygen atoms in total. The van der Waals surface area contributed by atoms with E-state index in [0.717, 1.165) is 17.0 Å². The van der Waals surface area contributed by atoms with E-state index in [1.807, 2.05) is 67.1 Å². The van der Waals surface area contributed by atoms with Gasteiger partial charge in [0, 0.05) is 10.6 Å². The second-order valence-corrected chi connectivity index (χ2v) is 7.84. The molecular formula is C19H17ClN4OS. The number of nitrogens with zero attached hydrogens (tertiary/aromatic N) is 3. The number of nitrogens with one attached hydrogen (secondary N) is 1. The molecule has 2 aromatic carbocycles. The van der Waals surface area contributed by atoms with Crippen LogP contribution in [0.15, 0.2) is 53.7 Å². The second-order valence-electron chi connectivity index (χ2n) is 6.29. The van der Waals surface area contributed by atoms with E-state index in [0.29, 0.717) is 15.7 Å². The van der Waals surface area contributed by atoms with Crippen molar-refractivity contribution in [2.75, 3.05) is 5.43 Å². The van der Waals surface area contributed by atoms with Gasteiger partial charge in [-0.2, -0.15) is 0 Å². The number of carbonyl (C=O) groups excluding carboxylic acids is 1. The number of halogens is 1. The lowest BCUT2D eigenvalue weighted by Gasteiger charge is -2.32. The van der Waals surface area contributed by atoms with Crippen molar-refractivity contribution >= 4 is 29.1 Å². The molecule has 1 aromatic heterocycles. The van der Waals surface area contributed by atoms with Crippen LogP contribution >= 0.6 is 23.4 Å². The Morgan fingerprint density at radius 1 is 1.08 bits per heavy atom. The molecule has 0 radical (unpaired) electrons. The lowest BCUT2D eigenvalue weighted by atomic mass is 9.97. The number of ketones is 1. The summed E-state index contributed by atoms with van der Waals surface area (Å²) >= 11 is 7.47. The number of aromatic nitrogens is 3. The molecule has 0 fully saturated rings. The summed E-state index contributed by atoms with van der Waals surface area (Å²) in [6, 6.07) is 15.0. The highest BCUT2D eigenvalue weighted by Gasteiger charge is 2.37. The molecule has 2 heterocycles. The van der Waals surface area contributed by atoms with Crippen LogP contribution in [0.2, 0.25) is 5.02 Å². The molecule has 0 saturated heterocycles. The summed E-state index contributed by atoms with van der Waals surface area (Å²) in [5, 5.41) is 9.30. The van der Waals surface area contributed by atoms with Crippen LogP contribution in [0.3, 0.4) is 0 Å². The van der Waals surface area contributed by atoms with E-state index in [4.69, 9.17) is 11.6 Å². The first kappa shape index (κ1) is 17.1. The first-order valence-corrected chi connectivity index (χ1v) is 9.50. The maximum Gasteiger partial charge on any atom is 0.210 e. The Balaban J connectivity index is 1.74. The minimum Gasteiger partial charge on any atom is -0.313 e. The molecular weight excluding hydrogens is 368 g/mol. The van der Waals surface area contributed by atoms with Gasteiger partial charge in [0.15, 0.2) is 5.78 Å². The van der Waals surface area contributed by atoms with Gasteiger partial charge in [0.1, 0.15) is 11.1 Å². The zero-order valence-corrected chi connectivity index (χ0v) is 15.9. The molecule has 3 aromatic rings. The van der Waals surface area contributed by atoms with Crippen LogP contribution in [0.1, 0.15) is 33.4 Å². The molecule has 0 amide bonds. The standard InChI is InChI=1S/C19H17ClN4OS/c1-11-3-5-14(6-4-11)17(25)18-16(13-7-9-15(20)10-8-13)23-24-12(2)21-22-19(24)26-18/h3-10,16,18,23H,1-2H3/t16-,18-/m0/s1. The molecule has 132 valence electrons. The van der Waals surface area contributed by atoms with Crippen molar-refractivity contribution in [3.63, 3.8) is 0 Å². The molecule has 0 spiro atoms. The van der Waals surface area contributed by atoms with Gasteiger partial charge in [-0.25, -0.2) is 4.68 Å². The summed E-state index contributed by atoms with van der Waals surface area (Å²) in [7, 11) is 0. The first-order valence-electron chi connectivity index (χ1n) is 8.24. The number of hydrogen-bond donors (Lipinski definition) is 1. The van der Waals surface area contributed by atoms with Gasteiger partial charge in [-0.15, -0.1) is 10.2 Å². The van der Waals surface area contributed by atoms with Crippen molar-refractivity contribution < 1.29 is 4.79 Å². The van der Waals surface area contributed by atoms with Gasteiger partial charge in [0.05, 0.1) is 6.04 Å². The van der Waals surface area contributed by atoms with Crippen molar-refractivity contribution in [2.24, 2.45) is 0 Å². The number of thioether (sulfide) groups is 1. The van der Waals surface area contributed by atoms with Crippen molar-refractivity contribution in [3.05, 3.63) is 76.1 Å². The van der Waals surface area contributed by atoms with Gasteiger partial charge in [0.25, 0.3) is 0 Å². The van der Waals surface area contributed by atoms with Gasteiger partial charge < -0.3 is 5.43 Å². The largest absolute Gasteiger partial charge is 0.313 e. The number of fused-ring (bicyclic) bond motifs is 1. The molecule has 0 saturated carbocycles. The SMILES string of the molecule is Cc1ccc(C(=O)[C@H]2Sc3nnc(C)n3N[C@H]2c2ccc(Cl)cc2)cc1. The maximum atomic E-state index is 13.2. The lowest BCUT2D eigenvalue weighted by molar-refractivity contribution is 0.0980. The maximum absolute atomic E-state index is 13.2. The molecule has 1 aliphatic rings. The van der Waals surface area contributed by atoms with Crippen LogP contribution in [0, 0.1) is 13.8 Å². The fourth-order valence-corrected chi connectivity index (χ4v) is 4.29. The van der Waals surface area contributed by atoms with Gasteiger partial charge >= 0.3 is 0 Å². The fourth-order valence-electron chi connectivity index (χ4n) is 2.96. The van der Waals surface area contributed by atoms with Gasteiger partial charge in [-0.1, -0.05) is 65.3 Å². The van der Waals surface area contributed by atoms with Crippen LogP contribution in [-0.2, 0) is 0 Å². The predicted octanol–water partition coefficient (Wildman–Crippen LogP) is 4.19. The molecule has 1 N–H and O–H groups in total. The van der Waals surface area contributed by atoms with E-state index in [1.54, 1.807) is 0 Å². The van der Waals surface area contributed by atoms with Gasteiger partial charge in [-0.05, 0) is 31.5 Å². The third-order valence-corrected chi connectivity index (χ3v) is 5.89. The molecule has 26 heavy (non-hydrogen) atoms. The van der Waals surface area contributed by atoms with Crippen LogP contribution < -0.4 is 5.43 Å². The Labute approximate surface area is 160 Å². The van der Waals surface area contributed by atoms with Crippen LogP contribution in [0.5, 0.6) is 0 Å². The third-order valence-electron chi connectivity index (χ3n) is 4.42. The van der Waals surface area contributed by atoms with E-state index in [-0.39, 0.29) is 17.1 Å². The summed E-state index contributed by atoms with van der Waals surface area (Å²) in [4.78, 5) is 13.2. The normalized spacial score (nSPS) is 18.9. The Kier molecular flexibility index (Phi) is 4.46. The molecule has 4 rings (SSSR count). The van der Waals surface area contributed by atoms with Crippen LogP contribution in [0.4, 0.5) is 0 Å². The number of Topliss-reactive ketones (excluding diaryl/α,β-unsaturated/α-hetero) is 1. The molecule has 7 heteroatoms. The van der Waals surface area contributed by atoms with E-state index < -0.39 is 0 Å². The Bertz CT molecular complexity index is 953. The average molecular weight is 385 g/mol. The van der Waals surface area contributed by atoms with Crippen molar-refractivity contribution in [3.8, 4) is 0 Å². The minimum absolute atomic E-state index is 0.0642.